The Kier molecular flexibility index (Phi) is 5.46. The molecule has 2 N–H and O–H groups in total. The molecule has 2 rings (SSSR count). The highest BCUT2D eigenvalue weighted by molar-refractivity contribution is 9.10. The molecule has 1 aromatic rings. The molecular formula is C11H13BrClF3N2. The first-order valence-corrected chi connectivity index (χ1v) is 6.08. The minimum Gasteiger partial charge on any atom is -0.314 e. The Hall–Kier alpha value is -0.300. The highest BCUT2D eigenvalue weighted by atomic mass is 79.9. The monoisotopic (exact) mass is 344 g/mol. The van der Waals surface area contributed by atoms with Gasteiger partial charge < -0.3 is 10.6 Å². The molecule has 1 fully saturated rings. The van der Waals surface area contributed by atoms with Crippen LogP contribution in [-0.2, 0) is 6.18 Å². The van der Waals surface area contributed by atoms with Crippen molar-refractivity contribution < 1.29 is 13.2 Å². The highest BCUT2D eigenvalue weighted by Crippen LogP contribution is 2.34. The second-order valence-electron chi connectivity index (χ2n) is 3.94. The van der Waals surface area contributed by atoms with Crippen molar-refractivity contribution in [2.24, 2.45) is 0 Å². The average molecular weight is 346 g/mol. The van der Waals surface area contributed by atoms with Gasteiger partial charge in [0.2, 0.25) is 0 Å². The summed E-state index contributed by atoms with van der Waals surface area (Å²) in [4.78, 5) is 0. The maximum Gasteiger partial charge on any atom is 0.416 e. The third-order valence-electron chi connectivity index (χ3n) is 2.74. The fraction of sp³-hybridized carbons (Fsp3) is 0.455. The summed E-state index contributed by atoms with van der Waals surface area (Å²) >= 11 is 3.30. The van der Waals surface area contributed by atoms with Gasteiger partial charge in [0.25, 0.3) is 0 Å². The van der Waals surface area contributed by atoms with Gasteiger partial charge in [-0.25, -0.2) is 0 Å². The van der Waals surface area contributed by atoms with E-state index in [2.05, 4.69) is 26.6 Å². The van der Waals surface area contributed by atoms with Crippen LogP contribution in [0.1, 0.15) is 17.2 Å². The molecule has 1 aromatic carbocycles. The summed E-state index contributed by atoms with van der Waals surface area (Å²) in [7, 11) is 0. The van der Waals surface area contributed by atoms with Crippen LogP contribution in [0.25, 0.3) is 0 Å². The zero-order valence-corrected chi connectivity index (χ0v) is 11.8. The van der Waals surface area contributed by atoms with E-state index in [0.29, 0.717) is 16.6 Å². The summed E-state index contributed by atoms with van der Waals surface area (Å²) in [5.74, 6) is 0. The predicted octanol–water partition coefficient (Wildman–Crippen LogP) is 3.12. The third kappa shape index (κ3) is 3.60. The van der Waals surface area contributed by atoms with E-state index in [1.165, 1.54) is 12.1 Å². The van der Waals surface area contributed by atoms with Crippen molar-refractivity contribution in [1.82, 2.24) is 10.6 Å². The molecule has 1 atom stereocenters. The van der Waals surface area contributed by atoms with E-state index >= 15 is 0 Å². The number of hydrogen-bond acceptors (Lipinski definition) is 2. The van der Waals surface area contributed by atoms with Gasteiger partial charge in [-0.15, -0.1) is 12.4 Å². The summed E-state index contributed by atoms with van der Waals surface area (Å²) < 4.78 is 38.5. The molecule has 0 amide bonds. The van der Waals surface area contributed by atoms with Crippen LogP contribution < -0.4 is 10.6 Å². The molecule has 0 aliphatic carbocycles. The van der Waals surface area contributed by atoms with Crippen LogP contribution in [0.15, 0.2) is 22.7 Å². The molecule has 0 radical (unpaired) electrons. The van der Waals surface area contributed by atoms with Gasteiger partial charge in [-0.3, -0.25) is 0 Å². The smallest absolute Gasteiger partial charge is 0.314 e. The van der Waals surface area contributed by atoms with Gasteiger partial charge >= 0.3 is 6.18 Å². The van der Waals surface area contributed by atoms with Crippen molar-refractivity contribution in [3.05, 3.63) is 33.8 Å². The van der Waals surface area contributed by atoms with Crippen LogP contribution in [0.5, 0.6) is 0 Å². The predicted molar refractivity (Wildman–Crippen MR) is 70.0 cm³/mol. The Balaban J connectivity index is 0.00000162. The topological polar surface area (TPSA) is 24.1 Å². The second kappa shape index (κ2) is 6.23. The van der Waals surface area contributed by atoms with Crippen molar-refractivity contribution in [1.29, 1.82) is 0 Å². The SMILES string of the molecule is Cl.FC(F)(F)c1ccc(Br)c([C@H]2CNCCN2)c1. The van der Waals surface area contributed by atoms with E-state index in [1.807, 2.05) is 0 Å². The Morgan fingerprint density at radius 1 is 1.22 bits per heavy atom. The molecule has 0 aromatic heterocycles. The summed E-state index contributed by atoms with van der Waals surface area (Å²) in [5, 5.41) is 6.35. The molecule has 2 nitrogen and oxygen atoms in total. The van der Waals surface area contributed by atoms with Gasteiger partial charge in [-0.05, 0) is 23.8 Å². The number of alkyl halides is 3. The zero-order valence-electron chi connectivity index (χ0n) is 9.35. The van der Waals surface area contributed by atoms with Crippen LogP contribution in [0.4, 0.5) is 13.2 Å². The molecule has 0 saturated carbocycles. The summed E-state index contributed by atoms with van der Waals surface area (Å²) in [5.41, 5.74) is 0.0371. The molecule has 18 heavy (non-hydrogen) atoms. The minimum absolute atomic E-state index is 0. The number of nitrogens with one attached hydrogen (secondary N) is 2. The molecular weight excluding hydrogens is 332 g/mol. The van der Waals surface area contributed by atoms with Gasteiger partial charge in [0, 0.05) is 30.1 Å². The summed E-state index contributed by atoms with van der Waals surface area (Å²) in [6, 6.07) is 3.66. The third-order valence-corrected chi connectivity index (χ3v) is 3.46. The van der Waals surface area contributed by atoms with Crippen LogP contribution in [0.2, 0.25) is 0 Å². The number of benzene rings is 1. The van der Waals surface area contributed by atoms with Gasteiger partial charge in [-0.1, -0.05) is 15.9 Å². The van der Waals surface area contributed by atoms with Crippen molar-refractivity contribution >= 4 is 28.3 Å². The summed E-state index contributed by atoms with van der Waals surface area (Å²) in [6.07, 6.45) is -4.29. The molecule has 1 aliphatic rings. The van der Waals surface area contributed by atoms with Crippen LogP contribution >= 0.6 is 28.3 Å². The first-order chi connectivity index (χ1) is 7.98. The molecule has 0 bridgehead atoms. The lowest BCUT2D eigenvalue weighted by Crippen LogP contribution is -2.42. The zero-order chi connectivity index (χ0) is 12.5. The lowest BCUT2D eigenvalue weighted by molar-refractivity contribution is -0.137. The maximum atomic E-state index is 12.6. The lowest BCUT2D eigenvalue weighted by Gasteiger charge is -2.26. The fourth-order valence-electron chi connectivity index (χ4n) is 1.86. The van der Waals surface area contributed by atoms with Gasteiger partial charge in [-0.2, -0.15) is 13.2 Å². The fourth-order valence-corrected chi connectivity index (χ4v) is 2.38. The van der Waals surface area contributed by atoms with E-state index in [1.54, 1.807) is 0 Å². The molecule has 1 aliphatic heterocycles. The van der Waals surface area contributed by atoms with Crippen LogP contribution in [0.3, 0.4) is 0 Å². The van der Waals surface area contributed by atoms with E-state index in [0.717, 1.165) is 19.2 Å². The standard InChI is InChI=1S/C11H12BrF3N2.ClH/c12-9-2-1-7(11(13,14)15)5-8(9)10-6-16-3-4-17-10;/h1-2,5,10,16-17H,3-4,6H2;1H/t10-;/m1./s1. The Morgan fingerprint density at radius 2 is 1.94 bits per heavy atom. The number of hydrogen-bond donors (Lipinski definition) is 2. The minimum atomic E-state index is -4.29. The quantitative estimate of drug-likeness (QED) is 0.817. The Morgan fingerprint density at radius 3 is 2.50 bits per heavy atom. The number of halogens is 5. The maximum absolute atomic E-state index is 12.6. The van der Waals surface area contributed by atoms with E-state index in [9.17, 15) is 13.2 Å². The van der Waals surface area contributed by atoms with Crippen molar-refractivity contribution in [3.8, 4) is 0 Å². The Bertz CT molecular complexity index is 406. The number of piperazine rings is 1. The van der Waals surface area contributed by atoms with Crippen molar-refractivity contribution in [2.75, 3.05) is 19.6 Å². The van der Waals surface area contributed by atoms with Gasteiger partial charge in [0.15, 0.2) is 0 Å². The average Bonchev–Trinajstić information content (AvgIpc) is 2.29. The molecule has 1 saturated heterocycles. The van der Waals surface area contributed by atoms with E-state index < -0.39 is 11.7 Å². The largest absolute Gasteiger partial charge is 0.416 e. The summed E-state index contributed by atoms with van der Waals surface area (Å²) in [6.45, 7) is 2.24. The van der Waals surface area contributed by atoms with Crippen molar-refractivity contribution in [3.63, 3.8) is 0 Å². The first kappa shape index (κ1) is 15.8. The van der Waals surface area contributed by atoms with E-state index in [-0.39, 0.29) is 18.4 Å². The number of rotatable bonds is 1. The van der Waals surface area contributed by atoms with Gasteiger partial charge in [0.1, 0.15) is 0 Å². The van der Waals surface area contributed by atoms with E-state index in [4.69, 9.17) is 0 Å². The Labute approximate surface area is 118 Å². The molecule has 7 heteroatoms. The molecule has 0 unspecified atom stereocenters. The first-order valence-electron chi connectivity index (χ1n) is 5.29. The lowest BCUT2D eigenvalue weighted by atomic mass is 10.0. The van der Waals surface area contributed by atoms with Crippen LogP contribution in [0, 0.1) is 0 Å². The molecule has 1 heterocycles. The molecule has 0 spiro atoms. The second-order valence-corrected chi connectivity index (χ2v) is 4.80. The van der Waals surface area contributed by atoms with Crippen LogP contribution in [-0.4, -0.2) is 19.6 Å². The van der Waals surface area contributed by atoms with Crippen molar-refractivity contribution in [2.45, 2.75) is 12.2 Å². The van der Waals surface area contributed by atoms with Gasteiger partial charge in [0.05, 0.1) is 5.56 Å². The molecule has 102 valence electrons. The highest BCUT2D eigenvalue weighted by Gasteiger charge is 2.31. The normalized spacial score (nSPS) is 20.3.